The molecule has 6 nitrogen and oxygen atoms in total. The molecule has 4 rings (SSSR count). The molecule has 0 fully saturated rings. The van der Waals surface area contributed by atoms with E-state index in [4.69, 9.17) is 0 Å². The van der Waals surface area contributed by atoms with E-state index in [2.05, 4.69) is 19.9 Å². The summed E-state index contributed by atoms with van der Waals surface area (Å²) < 4.78 is 0. The van der Waals surface area contributed by atoms with Gasteiger partial charge in [0.1, 0.15) is 11.5 Å². The molecule has 27 heavy (non-hydrogen) atoms. The van der Waals surface area contributed by atoms with E-state index in [1.54, 1.807) is 24.5 Å². The minimum Gasteiger partial charge on any atom is -0.506 e. The van der Waals surface area contributed by atoms with Crippen LogP contribution in [0.3, 0.4) is 0 Å². The van der Waals surface area contributed by atoms with Gasteiger partial charge in [-0.3, -0.25) is 9.97 Å². The van der Waals surface area contributed by atoms with Crippen LogP contribution in [0.5, 0.6) is 11.5 Å². The van der Waals surface area contributed by atoms with Gasteiger partial charge in [-0.2, -0.15) is 0 Å². The van der Waals surface area contributed by atoms with Crippen LogP contribution in [0, 0.1) is 0 Å². The van der Waals surface area contributed by atoms with E-state index < -0.39 is 0 Å². The van der Waals surface area contributed by atoms with Gasteiger partial charge in [-0.05, 0) is 36.4 Å². The summed E-state index contributed by atoms with van der Waals surface area (Å²) in [7, 11) is 0. The van der Waals surface area contributed by atoms with Gasteiger partial charge in [0.15, 0.2) is 0 Å². The first-order valence-electron chi connectivity index (χ1n) is 7.93. The second-order valence-electron chi connectivity index (χ2n) is 5.60. The molecule has 0 radical (unpaired) electrons. The van der Waals surface area contributed by atoms with Crippen LogP contribution in [0.2, 0.25) is 0 Å². The third-order valence-electron chi connectivity index (χ3n) is 3.91. The molecule has 0 aliphatic rings. The van der Waals surface area contributed by atoms with Crippen molar-refractivity contribution in [2.75, 3.05) is 0 Å². The Morgan fingerprint density at radius 1 is 0.556 bits per heavy atom. The van der Waals surface area contributed by atoms with E-state index in [1.807, 2.05) is 36.4 Å². The van der Waals surface area contributed by atoms with Crippen molar-refractivity contribution in [3.63, 3.8) is 0 Å². The fourth-order valence-corrected chi connectivity index (χ4v) is 2.66. The average molecular weight is 537 g/mol. The molecule has 0 unspecified atom stereocenters. The molecule has 0 aliphatic heterocycles. The van der Waals surface area contributed by atoms with Gasteiger partial charge in [0, 0.05) is 44.6 Å². The summed E-state index contributed by atoms with van der Waals surface area (Å²) in [4.78, 5) is 17.0. The Morgan fingerprint density at radius 3 is 1.37 bits per heavy atom. The van der Waals surface area contributed by atoms with Crippen molar-refractivity contribution in [3.05, 3.63) is 73.3 Å². The second kappa shape index (κ2) is 8.06. The van der Waals surface area contributed by atoms with Crippen LogP contribution in [-0.4, -0.2) is 30.1 Å². The average Bonchev–Trinajstić information content (AvgIpc) is 2.69. The molecule has 0 saturated heterocycles. The van der Waals surface area contributed by atoms with Crippen molar-refractivity contribution in [1.82, 2.24) is 19.9 Å². The van der Waals surface area contributed by atoms with E-state index in [1.165, 1.54) is 12.4 Å². The van der Waals surface area contributed by atoms with Crippen LogP contribution in [0.4, 0.5) is 0 Å². The summed E-state index contributed by atoms with van der Waals surface area (Å²) in [6.45, 7) is 0. The zero-order chi connectivity index (χ0) is 17.9. The zero-order valence-electron chi connectivity index (χ0n) is 13.9. The Morgan fingerprint density at radius 2 is 0.963 bits per heavy atom. The molecule has 4 heterocycles. The molecular weight excluding hydrogens is 523 g/mol. The van der Waals surface area contributed by atoms with E-state index in [-0.39, 0.29) is 32.6 Å². The second-order valence-corrected chi connectivity index (χ2v) is 5.60. The van der Waals surface area contributed by atoms with Gasteiger partial charge in [0.2, 0.25) is 0 Å². The van der Waals surface area contributed by atoms with E-state index in [0.29, 0.717) is 33.9 Å². The van der Waals surface area contributed by atoms with E-state index >= 15 is 0 Å². The van der Waals surface area contributed by atoms with Crippen LogP contribution < -0.4 is 0 Å². The number of aromatic hydroxyl groups is 2. The molecule has 0 saturated carbocycles. The molecule has 7 heteroatoms. The Bertz CT molecular complexity index is 1000. The van der Waals surface area contributed by atoms with Crippen LogP contribution in [0.15, 0.2) is 73.3 Å². The third-order valence-corrected chi connectivity index (χ3v) is 3.91. The first-order valence-corrected chi connectivity index (χ1v) is 7.93. The third kappa shape index (κ3) is 3.86. The molecule has 0 bridgehead atoms. The van der Waals surface area contributed by atoms with Crippen LogP contribution in [0.1, 0.15) is 0 Å². The van der Waals surface area contributed by atoms with Gasteiger partial charge in [0.25, 0.3) is 0 Å². The summed E-state index contributed by atoms with van der Waals surface area (Å²) in [6.07, 6.45) is 5.98. The Hall–Kier alpha value is -3.11. The normalized spacial score (nSPS) is 10.2. The summed E-state index contributed by atoms with van der Waals surface area (Å²) in [5.41, 5.74) is 3.78. The molecule has 4 aromatic heterocycles. The van der Waals surface area contributed by atoms with Crippen LogP contribution >= 0.6 is 0 Å². The molecule has 0 spiro atoms. The minimum atomic E-state index is 0. The molecule has 136 valence electrons. The quantitative estimate of drug-likeness (QED) is 0.415. The van der Waals surface area contributed by atoms with E-state index in [9.17, 15) is 10.2 Å². The molecule has 0 aliphatic carbocycles. The summed E-state index contributed by atoms with van der Waals surface area (Å²) in [6, 6.07) is 14.5. The fourth-order valence-electron chi connectivity index (χ4n) is 2.66. The number of pyridine rings is 4. The molecule has 4 aromatic rings. The molecule has 2 N–H and O–H groups in total. The first kappa shape index (κ1) is 18.7. The maximum absolute atomic E-state index is 10.00. The van der Waals surface area contributed by atoms with Crippen LogP contribution in [-0.2, 0) is 21.1 Å². The van der Waals surface area contributed by atoms with Crippen LogP contribution in [0.25, 0.3) is 33.9 Å². The zero-order valence-corrected chi connectivity index (χ0v) is 16.2. The van der Waals surface area contributed by atoms with Gasteiger partial charge >= 0.3 is 0 Å². The van der Waals surface area contributed by atoms with Gasteiger partial charge in [-0.15, -0.1) is 0 Å². The number of nitrogens with zero attached hydrogens (tertiary/aromatic N) is 4. The SMILES string of the molecule is Oc1cnccc1-c1cccc(-c2cccc(-c3ccncc3O)n2)n1.[Pt]. The standard InChI is InChI=1S/C20H14N4O2.Pt/c25-19-11-21-9-7-13(19)15-3-1-5-17(23-15)18-6-2-4-16(24-18)14-8-10-22-12-20(14)26;/h1-12,25-26H;. The van der Waals surface area contributed by atoms with Crippen molar-refractivity contribution in [3.8, 4) is 45.4 Å². The summed E-state index contributed by atoms with van der Waals surface area (Å²) >= 11 is 0. The maximum atomic E-state index is 10.00. The Labute approximate surface area is 169 Å². The topological polar surface area (TPSA) is 92.0 Å². The first-order chi connectivity index (χ1) is 12.7. The molecule has 0 aromatic carbocycles. The minimum absolute atomic E-state index is 0. The van der Waals surface area contributed by atoms with Crippen molar-refractivity contribution < 1.29 is 31.3 Å². The molecule has 0 atom stereocenters. The van der Waals surface area contributed by atoms with Crippen molar-refractivity contribution >= 4 is 0 Å². The Kier molecular flexibility index (Phi) is 5.57. The monoisotopic (exact) mass is 537 g/mol. The maximum Gasteiger partial charge on any atom is 0.143 e. The molecule has 0 amide bonds. The number of rotatable bonds is 3. The predicted molar refractivity (Wildman–Crippen MR) is 97.3 cm³/mol. The Balaban J connectivity index is 0.00000210. The summed E-state index contributed by atoms with van der Waals surface area (Å²) in [5.74, 6) is 0.140. The van der Waals surface area contributed by atoms with Gasteiger partial charge in [-0.25, -0.2) is 9.97 Å². The van der Waals surface area contributed by atoms with Gasteiger partial charge in [-0.1, -0.05) is 12.1 Å². The smallest absolute Gasteiger partial charge is 0.143 e. The largest absolute Gasteiger partial charge is 0.506 e. The van der Waals surface area contributed by atoms with E-state index in [0.717, 1.165) is 0 Å². The number of aromatic nitrogens is 4. The molecular formula is C20H14N4O2Pt. The predicted octanol–water partition coefficient (Wildman–Crippen LogP) is 3.68. The van der Waals surface area contributed by atoms with Gasteiger partial charge < -0.3 is 10.2 Å². The summed E-state index contributed by atoms with van der Waals surface area (Å²) in [5, 5.41) is 20.0. The number of hydrogen-bond donors (Lipinski definition) is 2. The number of hydrogen-bond acceptors (Lipinski definition) is 6. The van der Waals surface area contributed by atoms with Crippen molar-refractivity contribution in [1.29, 1.82) is 0 Å². The van der Waals surface area contributed by atoms with Gasteiger partial charge in [0.05, 0.1) is 35.2 Å². The van der Waals surface area contributed by atoms with Crippen molar-refractivity contribution in [2.45, 2.75) is 0 Å². The van der Waals surface area contributed by atoms with Crippen molar-refractivity contribution in [2.24, 2.45) is 0 Å². The fraction of sp³-hybridized carbons (Fsp3) is 0.